The van der Waals surface area contributed by atoms with Crippen LogP contribution in [0.5, 0.6) is 0 Å². The minimum absolute atomic E-state index is 0.101. The van der Waals surface area contributed by atoms with Crippen LogP contribution in [0.1, 0.15) is 18.1 Å². The molecule has 0 fully saturated rings. The monoisotopic (exact) mass is 394 g/mol. The molecule has 3 aromatic rings. The van der Waals surface area contributed by atoms with Crippen LogP contribution >= 0.6 is 11.6 Å². The molecule has 2 aromatic carbocycles. The van der Waals surface area contributed by atoms with E-state index in [1.807, 2.05) is 60.7 Å². The van der Waals surface area contributed by atoms with E-state index in [1.165, 1.54) is 6.07 Å². The molecule has 0 unspecified atom stereocenters. The van der Waals surface area contributed by atoms with Crippen molar-refractivity contribution in [2.45, 2.75) is 6.92 Å². The molecule has 0 saturated carbocycles. The second kappa shape index (κ2) is 9.01. The molecular formula is C21H19ClN4O2. The molecule has 0 bridgehead atoms. The van der Waals surface area contributed by atoms with Crippen LogP contribution in [0.25, 0.3) is 0 Å². The minimum atomic E-state index is -0.629. The molecule has 0 saturated heterocycles. The zero-order chi connectivity index (χ0) is 19.9. The van der Waals surface area contributed by atoms with E-state index in [2.05, 4.69) is 10.3 Å². The Morgan fingerprint density at radius 2 is 1.68 bits per heavy atom. The summed E-state index contributed by atoms with van der Waals surface area (Å²) in [7, 11) is 0. The fourth-order valence-corrected chi connectivity index (χ4v) is 2.81. The van der Waals surface area contributed by atoms with Crippen LogP contribution in [0.2, 0.25) is 5.02 Å². The third-order valence-corrected chi connectivity index (χ3v) is 4.08. The maximum Gasteiger partial charge on any atom is 0.412 e. The lowest BCUT2D eigenvalue weighted by atomic mass is 10.0. The predicted octanol–water partition coefficient (Wildman–Crippen LogP) is 5.05. The van der Waals surface area contributed by atoms with Gasteiger partial charge in [-0.05, 0) is 6.92 Å². The third-order valence-electron chi connectivity index (χ3n) is 3.80. The summed E-state index contributed by atoms with van der Waals surface area (Å²) in [6.45, 7) is 1.95. The van der Waals surface area contributed by atoms with Gasteiger partial charge in [0.25, 0.3) is 0 Å². The zero-order valence-corrected chi connectivity index (χ0v) is 16.0. The van der Waals surface area contributed by atoms with Crippen molar-refractivity contribution in [3.8, 4) is 0 Å². The summed E-state index contributed by atoms with van der Waals surface area (Å²) in [6.07, 6.45) is -0.629. The predicted molar refractivity (Wildman–Crippen MR) is 112 cm³/mol. The van der Waals surface area contributed by atoms with Crippen molar-refractivity contribution in [3.63, 3.8) is 0 Å². The Hall–Kier alpha value is -3.38. The number of anilines is 2. The number of amides is 1. The van der Waals surface area contributed by atoms with Crippen LogP contribution in [0, 0.1) is 0 Å². The number of benzene rings is 2. The molecule has 142 valence electrons. The van der Waals surface area contributed by atoms with Gasteiger partial charge in [0.05, 0.1) is 17.3 Å². The quantitative estimate of drug-likeness (QED) is 0.592. The number of hydrogen-bond acceptors (Lipinski definition) is 5. The van der Waals surface area contributed by atoms with E-state index in [4.69, 9.17) is 27.1 Å². The summed E-state index contributed by atoms with van der Waals surface area (Å²) in [6, 6.07) is 20.9. The van der Waals surface area contributed by atoms with E-state index in [0.29, 0.717) is 11.4 Å². The van der Waals surface area contributed by atoms with E-state index in [9.17, 15) is 4.79 Å². The number of carbonyl (C=O) groups excluding carboxylic acids is 1. The molecule has 3 N–H and O–H groups in total. The Kier molecular flexibility index (Phi) is 6.24. The standard InChI is InChI=1S/C21H19ClN4O2/c1-2-28-21(27)25-17-13-16(22)19(20(23)24-17)26-18(14-9-5-3-6-10-14)15-11-7-4-8-12-15/h3-13H,2H2,1H3,(H3,23,24,25,27). The summed E-state index contributed by atoms with van der Waals surface area (Å²) in [5.74, 6) is 0.296. The summed E-state index contributed by atoms with van der Waals surface area (Å²) in [5, 5.41) is 2.75. The number of halogens is 1. The van der Waals surface area contributed by atoms with Gasteiger partial charge in [-0.25, -0.2) is 14.8 Å². The van der Waals surface area contributed by atoms with Crippen LogP contribution in [-0.4, -0.2) is 23.4 Å². The number of nitrogens with zero attached hydrogens (tertiary/aromatic N) is 2. The molecule has 0 aliphatic carbocycles. The first-order valence-corrected chi connectivity index (χ1v) is 9.05. The maximum absolute atomic E-state index is 11.6. The van der Waals surface area contributed by atoms with Crippen LogP contribution in [0.4, 0.5) is 22.1 Å². The van der Waals surface area contributed by atoms with Gasteiger partial charge in [-0.2, -0.15) is 0 Å². The number of ether oxygens (including phenoxy) is 1. The molecule has 0 radical (unpaired) electrons. The highest BCUT2D eigenvalue weighted by Gasteiger charge is 2.14. The highest BCUT2D eigenvalue weighted by atomic mass is 35.5. The molecule has 0 aliphatic heterocycles. The highest BCUT2D eigenvalue weighted by Crippen LogP contribution is 2.33. The largest absolute Gasteiger partial charge is 0.450 e. The van der Waals surface area contributed by atoms with E-state index in [-0.39, 0.29) is 23.3 Å². The summed E-state index contributed by atoms with van der Waals surface area (Å²) in [4.78, 5) is 20.5. The number of aromatic nitrogens is 1. The van der Waals surface area contributed by atoms with Gasteiger partial charge in [-0.3, -0.25) is 5.32 Å². The summed E-state index contributed by atoms with van der Waals surface area (Å²) >= 11 is 6.39. The normalized spacial score (nSPS) is 10.2. The SMILES string of the molecule is CCOC(=O)Nc1cc(Cl)c(N=C(c2ccccc2)c2ccccc2)c(N)n1. The Labute approximate surface area is 168 Å². The fourth-order valence-electron chi connectivity index (χ4n) is 2.57. The minimum Gasteiger partial charge on any atom is -0.450 e. The molecule has 7 heteroatoms. The van der Waals surface area contributed by atoms with Crippen LogP contribution in [0.3, 0.4) is 0 Å². The second-order valence-electron chi connectivity index (χ2n) is 5.76. The lowest BCUT2D eigenvalue weighted by Gasteiger charge is -2.11. The molecule has 6 nitrogen and oxygen atoms in total. The third kappa shape index (κ3) is 4.66. The summed E-state index contributed by atoms with van der Waals surface area (Å²) in [5.41, 5.74) is 8.95. The van der Waals surface area contributed by atoms with Gasteiger partial charge in [0.1, 0.15) is 11.5 Å². The van der Waals surface area contributed by atoms with Crippen LogP contribution in [-0.2, 0) is 4.74 Å². The molecule has 1 aromatic heterocycles. The van der Waals surface area contributed by atoms with Gasteiger partial charge in [-0.1, -0.05) is 72.3 Å². The van der Waals surface area contributed by atoms with Crippen molar-refractivity contribution in [2.75, 3.05) is 17.7 Å². The summed E-state index contributed by atoms with van der Waals surface area (Å²) < 4.78 is 4.83. The zero-order valence-electron chi connectivity index (χ0n) is 15.2. The van der Waals surface area contributed by atoms with Crippen molar-refractivity contribution in [2.24, 2.45) is 4.99 Å². The number of nitrogens with one attached hydrogen (secondary N) is 1. The number of carbonyl (C=O) groups is 1. The molecule has 0 aliphatic rings. The Bertz CT molecular complexity index is 927. The lowest BCUT2D eigenvalue weighted by Crippen LogP contribution is -2.14. The number of pyridine rings is 1. The van der Waals surface area contributed by atoms with E-state index in [0.717, 1.165) is 11.1 Å². The van der Waals surface area contributed by atoms with Crippen molar-refractivity contribution in [1.82, 2.24) is 4.98 Å². The molecule has 0 spiro atoms. The smallest absolute Gasteiger partial charge is 0.412 e. The molecule has 1 heterocycles. The molecular weight excluding hydrogens is 376 g/mol. The average Bonchev–Trinajstić information content (AvgIpc) is 2.69. The van der Waals surface area contributed by atoms with E-state index in [1.54, 1.807) is 6.92 Å². The van der Waals surface area contributed by atoms with Crippen LogP contribution < -0.4 is 11.1 Å². The second-order valence-corrected chi connectivity index (χ2v) is 6.17. The lowest BCUT2D eigenvalue weighted by molar-refractivity contribution is 0.168. The Morgan fingerprint density at radius 3 is 2.18 bits per heavy atom. The first-order chi connectivity index (χ1) is 13.6. The van der Waals surface area contributed by atoms with Crippen LogP contribution in [0.15, 0.2) is 71.7 Å². The highest BCUT2D eigenvalue weighted by molar-refractivity contribution is 6.34. The van der Waals surface area contributed by atoms with Gasteiger partial charge in [-0.15, -0.1) is 0 Å². The number of nitrogens with two attached hydrogens (primary N) is 1. The van der Waals surface area contributed by atoms with Gasteiger partial charge >= 0.3 is 6.09 Å². The molecule has 1 amide bonds. The first-order valence-electron chi connectivity index (χ1n) is 8.67. The number of nitrogen functional groups attached to an aromatic ring is 1. The van der Waals surface area contributed by atoms with Crippen molar-refractivity contribution >= 4 is 40.7 Å². The fraction of sp³-hybridized carbons (Fsp3) is 0.0952. The number of rotatable bonds is 5. The van der Waals surface area contributed by atoms with E-state index >= 15 is 0 Å². The van der Waals surface area contributed by atoms with Gasteiger partial charge in [0, 0.05) is 17.2 Å². The first kappa shape index (κ1) is 19.4. The van der Waals surface area contributed by atoms with Gasteiger partial charge in [0.15, 0.2) is 5.82 Å². The Balaban J connectivity index is 2.04. The number of hydrogen-bond donors (Lipinski definition) is 2. The van der Waals surface area contributed by atoms with E-state index < -0.39 is 6.09 Å². The molecule has 28 heavy (non-hydrogen) atoms. The van der Waals surface area contributed by atoms with Crippen molar-refractivity contribution in [3.05, 3.63) is 82.9 Å². The number of aliphatic imine (C=N–C) groups is 1. The van der Waals surface area contributed by atoms with Gasteiger partial charge < -0.3 is 10.5 Å². The molecule has 3 rings (SSSR count). The van der Waals surface area contributed by atoms with Crippen molar-refractivity contribution in [1.29, 1.82) is 0 Å². The van der Waals surface area contributed by atoms with Crippen molar-refractivity contribution < 1.29 is 9.53 Å². The van der Waals surface area contributed by atoms with Gasteiger partial charge in [0.2, 0.25) is 0 Å². The molecule has 0 atom stereocenters. The topological polar surface area (TPSA) is 89.6 Å². The average molecular weight is 395 g/mol. The Morgan fingerprint density at radius 1 is 1.11 bits per heavy atom. The maximum atomic E-state index is 11.6.